The molecule has 0 fully saturated rings. The Morgan fingerprint density at radius 3 is 2.75 bits per heavy atom. The molecule has 0 bridgehead atoms. The Balaban J connectivity index is 2.73. The van der Waals surface area contributed by atoms with Crippen LogP contribution in [-0.4, -0.2) is 38.0 Å². The Bertz CT molecular complexity index is 483. The number of nitrogens with two attached hydrogens (primary N) is 1. The topological polar surface area (TPSA) is 53.6 Å². The molecule has 110 valence electrons. The molecule has 0 heterocycles. The van der Waals surface area contributed by atoms with E-state index in [0.717, 1.165) is 11.1 Å². The number of rotatable bonds is 6. The van der Waals surface area contributed by atoms with Crippen molar-refractivity contribution in [2.75, 3.05) is 27.2 Å². The van der Waals surface area contributed by atoms with Crippen molar-refractivity contribution in [3.05, 3.63) is 47.8 Å². The van der Waals surface area contributed by atoms with Crippen LogP contribution >= 0.6 is 0 Å². The molecule has 0 saturated carbocycles. The zero-order chi connectivity index (χ0) is 15.1. The Labute approximate surface area is 120 Å². The fraction of sp³-hybridized carbons (Fsp3) is 0.400. The van der Waals surface area contributed by atoms with E-state index in [4.69, 9.17) is 5.73 Å². The molecule has 0 aromatic heterocycles. The third-order valence-corrected chi connectivity index (χ3v) is 2.86. The maximum Gasteiger partial charge on any atom is 0.188 e. The summed E-state index contributed by atoms with van der Waals surface area (Å²) in [5.74, 6) is 0.128. The maximum absolute atomic E-state index is 13.3. The summed E-state index contributed by atoms with van der Waals surface area (Å²) in [6.45, 7) is 6.76. The Hall–Kier alpha value is -1.88. The van der Waals surface area contributed by atoms with Crippen LogP contribution in [0.15, 0.2) is 41.4 Å². The number of nitrogens with zero attached hydrogens (tertiary/aromatic N) is 2. The van der Waals surface area contributed by atoms with E-state index in [1.54, 1.807) is 6.07 Å². The molecule has 0 aliphatic rings. The average Bonchev–Trinajstić information content (AvgIpc) is 2.36. The van der Waals surface area contributed by atoms with Gasteiger partial charge in [-0.3, -0.25) is 4.99 Å². The number of hydrogen-bond donors (Lipinski definition) is 2. The van der Waals surface area contributed by atoms with Crippen molar-refractivity contribution in [1.82, 2.24) is 10.2 Å². The summed E-state index contributed by atoms with van der Waals surface area (Å²) in [6.07, 6.45) is 0. The number of aliphatic imine (C=N–C) groups is 1. The summed E-state index contributed by atoms with van der Waals surface area (Å²) >= 11 is 0. The Kier molecular flexibility index (Phi) is 6.18. The summed E-state index contributed by atoms with van der Waals surface area (Å²) in [5, 5.41) is 2.97. The minimum absolute atomic E-state index is 0.0177. The van der Waals surface area contributed by atoms with Gasteiger partial charge in [0, 0.05) is 6.54 Å². The van der Waals surface area contributed by atoms with Crippen LogP contribution in [0.2, 0.25) is 0 Å². The lowest BCUT2D eigenvalue weighted by Crippen LogP contribution is -2.34. The molecule has 0 saturated heterocycles. The minimum atomic E-state index is -0.244. The summed E-state index contributed by atoms with van der Waals surface area (Å²) in [5.41, 5.74) is 7.65. The first-order valence-corrected chi connectivity index (χ1v) is 6.50. The SMILES string of the molecule is C=C(C)CNC(N)=NCC(c1cccc(F)c1)N(C)C. The zero-order valence-corrected chi connectivity index (χ0v) is 12.4. The van der Waals surface area contributed by atoms with Crippen molar-refractivity contribution in [3.8, 4) is 0 Å². The highest BCUT2D eigenvalue weighted by molar-refractivity contribution is 5.78. The summed E-state index contributed by atoms with van der Waals surface area (Å²) in [7, 11) is 3.87. The second-order valence-electron chi connectivity index (χ2n) is 5.07. The standard InChI is InChI=1S/C15H23FN4/c1-11(2)9-18-15(17)19-10-14(20(3)4)12-6-5-7-13(16)8-12/h5-8,14H,1,9-10H2,2-4H3,(H3,17,18,19). The van der Waals surface area contributed by atoms with Crippen LogP contribution in [0, 0.1) is 5.82 Å². The molecule has 0 aliphatic heterocycles. The number of halogens is 1. The van der Waals surface area contributed by atoms with Gasteiger partial charge in [0.25, 0.3) is 0 Å². The number of likely N-dealkylation sites (N-methyl/N-ethyl adjacent to an activating group) is 1. The van der Waals surface area contributed by atoms with Crippen LogP contribution in [0.25, 0.3) is 0 Å². The molecule has 1 atom stereocenters. The molecule has 0 aliphatic carbocycles. The summed E-state index contributed by atoms with van der Waals surface area (Å²) < 4.78 is 13.3. The van der Waals surface area contributed by atoms with Crippen LogP contribution in [0.4, 0.5) is 4.39 Å². The van der Waals surface area contributed by atoms with Crippen LogP contribution in [0.1, 0.15) is 18.5 Å². The van der Waals surface area contributed by atoms with E-state index in [9.17, 15) is 4.39 Å². The van der Waals surface area contributed by atoms with Gasteiger partial charge in [-0.05, 0) is 38.7 Å². The van der Waals surface area contributed by atoms with Crippen molar-refractivity contribution in [2.45, 2.75) is 13.0 Å². The van der Waals surface area contributed by atoms with Gasteiger partial charge in [-0.15, -0.1) is 0 Å². The van der Waals surface area contributed by atoms with Crippen molar-refractivity contribution >= 4 is 5.96 Å². The summed E-state index contributed by atoms with van der Waals surface area (Å²) in [6, 6.07) is 6.53. The lowest BCUT2D eigenvalue weighted by Gasteiger charge is -2.23. The predicted octanol–water partition coefficient (Wildman–Crippen LogP) is 1.91. The van der Waals surface area contributed by atoms with Crippen LogP contribution < -0.4 is 11.1 Å². The third kappa shape index (κ3) is 5.40. The van der Waals surface area contributed by atoms with Gasteiger partial charge in [0.1, 0.15) is 5.82 Å². The van der Waals surface area contributed by atoms with E-state index in [0.29, 0.717) is 19.0 Å². The fourth-order valence-electron chi connectivity index (χ4n) is 1.76. The third-order valence-electron chi connectivity index (χ3n) is 2.86. The molecule has 3 N–H and O–H groups in total. The molecule has 20 heavy (non-hydrogen) atoms. The molecule has 0 radical (unpaired) electrons. The van der Waals surface area contributed by atoms with Crippen molar-refractivity contribution in [1.29, 1.82) is 0 Å². The minimum Gasteiger partial charge on any atom is -0.370 e. The first-order chi connectivity index (χ1) is 9.40. The summed E-state index contributed by atoms with van der Waals surface area (Å²) in [4.78, 5) is 6.29. The van der Waals surface area contributed by atoms with Crippen molar-refractivity contribution in [2.24, 2.45) is 10.7 Å². The molecule has 5 heteroatoms. The van der Waals surface area contributed by atoms with Gasteiger partial charge in [0.2, 0.25) is 0 Å². The zero-order valence-electron chi connectivity index (χ0n) is 12.4. The predicted molar refractivity (Wildman–Crippen MR) is 82.1 cm³/mol. The van der Waals surface area contributed by atoms with Gasteiger partial charge in [-0.2, -0.15) is 0 Å². The number of hydrogen-bond acceptors (Lipinski definition) is 2. The number of benzene rings is 1. The van der Waals surface area contributed by atoms with E-state index in [2.05, 4.69) is 16.9 Å². The molecule has 1 rings (SSSR count). The monoisotopic (exact) mass is 278 g/mol. The second kappa shape index (κ2) is 7.65. The Morgan fingerprint density at radius 2 is 2.20 bits per heavy atom. The first kappa shape index (κ1) is 16.2. The highest BCUT2D eigenvalue weighted by atomic mass is 19.1. The van der Waals surface area contributed by atoms with Gasteiger partial charge in [0.15, 0.2) is 5.96 Å². The van der Waals surface area contributed by atoms with Crippen LogP contribution in [0.3, 0.4) is 0 Å². The molecule has 1 unspecified atom stereocenters. The number of nitrogens with one attached hydrogen (secondary N) is 1. The molecule has 1 aromatic carbocycles. The lowest BCUT2D eigenvalue weighted by molar-refractivity contribution is 0.305. The quantitative estimate of drug-likeness (QED) is 0.475. The van der Waals surface area contributed by atoms with Crippen molar-refractivity contribution in [3.63, 3.8) is 0 Å². The van der Waals surface area contributed by atoms with E-state index >= 15 is 0 Å². The molecule has 4 nitrogen and oxygen atoms in total. The molecule has 1 aromatic rings. The lowest BCUT2D eigenvalue weighted by atomic mass is 10.1. The molecule has 0 amide bonds. The Morgan fingerprint density at radius 1 is 1.50 bits per heavy atom. The van der Waals surface area contributed by atoms with Gasteiger partial charge >= 0.3 is 0 Å². The largest absolute Gasteiger partial charge is 0.370 e. The van der Waals surface area contributed by atoms with E-state index < -0.39 is 0 Å². The average molecular weight is 278 g/mol. The number of guanidine groups is 1. The molecular weight excluding hydrogens is 255 g/mol. The van der Waals surface area contributed by atoms with Gasteiger partial charge in [0.05, 0.1) is 12.6 Å². The molecular formula is C15H23FN4. The normalized spacial score (nSPS) is 13.3. The van der Waals surface area contributed by atoms with Gasteiger partial charge in [-0.1, -0.05) is 24.3 Å². The van der Waals surface area contributed by atoms with E-state index in [1.165, 1.54) is 12.1 Å². The van der Waals surface area contributed by atoms with E-state index in [1.807, 2.05) is 32.0 Å². The highest BCUT2D eigenvalue weighted by Crippen LogP contribution is 2.19. The smallest absolute Gasteiger partial charge is 0.188 e. The van der Waals surface area contributed by atoms with Crippen LogP contribution in [0.5, 0.6) is 0 Å². The van der Waals surface area contributed by atoms with Gasteiger partial charge < -0.3 is 16.0 Å². The highest BCUT2D eigenvalue weighted by Gasteiger charge is 2.14. The van der Waals surface area contributed by atoms with E-state index in [-0.39, 0.29) is 11.9 Å². The van der Waals surface area contributed by atoms with Gasteiger partial charge in [-0.25, -0.2) is 4.39 Å². The molecule has 0 spiro atoms. The van der Waals surface area contributed by atoms with Crippen LogP contribution in [-0.2, 0) is 0 Å². The van der Waals surface area contributed by atoms with Crippen molar-refractivity contribution < 1.29 is 4.39 Å². The first-order valence-electron chi connectivity index (χ1n) is 6.50. The maximum atomic E-state index is 13.3. The second-order valence-corrected chi connectivity index (χ2v) is 5.07. The fourth-order valence-corrected chi connectivity index (χ4v) is 1.76.